The third-order valence-electron chi connectivity index (χ3n) is 4.85. The number of halogens is 1. The molecular weight excluding hydrogens is 481 g/mol. The smallest absolute Gasteiger partial charge is 0.233 e. The first-order chi connectivity index (χ1) is 13.5. The topological polar surface area (TPSA) is 78.0 Å². The minimum Gasteiger partial charge on any atom is -0.489 e. The van der Waals surface area contributed by atoms with Gasteiger partial charge in [-0.2, -0.15) is 0 Å². The number of aliphatic imine (C=N–C) groups is 1. The van der Waals surface area contributed by atoms with Gasteiger partial charge in [-0.3, -0.25) is 9.69 Å². The van der Waals surface area contributed by atoms with Crippen molar-refractivity contribution < 1.29 is 9.53 Å². The Morgan fingerprint density at radius 2 is 2.00 bits per heavy atom. The molecule has 3 N–H and O–H groups in total. The van der Waals surface area contributed by atoms with Gasteiger partial charge in [-0.15, -0.1) is 24.0 Å². The van der Waals surface area contributed by atoms with Crippen LogP contribution in [0.15, 0.2) is 29.3 Å². The summed E-state index contributed by atoms with van der Waals surface area (Å²) in [6, 6.07) is 8.41. The van der Waals surface area contributed by atoms with Gasteiger partial charge in [-0.05, 0) is 45.2 Å². The van der Waals surface area contributed by atoms with E-state index in [-0.39, 0.29) is 36.0 Å². The Labute approximate surface area is 192 Å². The molecule has 0 aliphatic carbocycles. The van der Waals surface area contributed by atoms with E-state index in [1.807, 2.05) is 38.1 Å². The summed E-state index contributed by atoms with van der Waals surface area (Å²) in [5.41, 5.74) is 1.13. The normalized spacial score (nSPS) is 16.5. The van der Waals surface area contributed by atoms with E-state index in [1.165, 1.54) is 0 Å². The molecule has 0 bridgehead atoms. The molecule has 1 unspecified atom stereocenters. The van der Waals surface area contributed by atoms with Crippen molar-refractivity contribution in [1.29, 1.82) is 0 Å². The fraction of sp³-hybridized carbons (Fsp3) is 0.619. The molecule has 8 heteroatoms. The number of nitrogens with zero attached hydrogens (tertiary/aromatic N) is 2. The zero-order valence-corrected chi connectivity index (χ0v) is 20.4. The number of hydrogen-bond donors (Lipinski definition) is 3. The van der Waals surface area contributed by atoms with Gasteiger partial charge < -0.3 is 20.7 Å². The molecular formula is C21H36IN5O2. The van der Waals surface area contributed by atoms with Crippen LogP contribution in [-0.4, -0.2) is 68.7 Å². The largest absolute Gasteiger partial charge is 0.489 e. The number of guanidine groups is 1. The molecule has 7 nitrogen and oxygen atoms in total. The number of hydrogen-bond acceptors (Lipinski definition) is 4. The van der Waals surface area contributed by atoms with Crippen molar-refractivity contribution in [3.8, 4) is 5.75 Å². The van der Waals surface area contributed by atoms with E-state index in [4.69, 9.17) is 9.73 Å². The standard InChI is InChI=1S/C21H35N5O2.HI/c1-5-23-21(24-14-17(3)28-19-9-7-6-8-16(19)2)25-18-10-12-26(13-11-18)15-20(27)22-4;/h6-9,17-18H,5,10-15H2,1-4H3,(H,22,27)(H2,23,24,25);1H. The summed E-state index contributed by atoms with van der Waals surface area (Å²) < 4.78 is 6.02. The molecule has 164 valence electrons. The number of likely N-dealkylation sites (tertiary alicyclic amines) is 1. The molecule has 1 fully saturated rings. The van der Waals surface area contributed by atoms with Crippen LogP contribution in [0, 0.1) is 6.92 Å². The van der Waals surface area contributed by atoms with E-state index < -0.39 is 0 Å². The first-order valence-corrected chi connectivity index (χ1v) is 10.2. The number of likely N-dealkylation sites (N-methyl/N-ethyl adjacent to an activating group) is 1. The number of amides is 1. The molecule has 1 saturated heterocycles. The van der Waals surface area contributed by atoms with E-state index >= 15 is 0 Å². The van der Waals surface area contributed by atoms with Crippen molar-refractivity contribution in [2.45, 2.75) is 45.8 Å². The third-order valence-corrected chi connectivity index (χ3v) is 4.85. The van der Waals surface area contributed by atoms with Crippen LogP contribution in [0.1, 0.15) is 32.3 Å². The Morgan fingerprint density at radius 3 is 2.62 bits per heavy atom. The highest BCUT2D eigenvalue weighted by molar-refractivity contribution is 14.0. The number of carbonyl (C=O) groups excluding carboxylic acids is 1. The van der Waals surface area contributed by atoms with Crippen molar-refractivity contribution in [1.82, 2.24) is 20.9 Å². The van der Waals surface area contributed by atoms with E-state index in [0.29, 0.717) is 19.1 Å². The van der Waals surface area contributed by atoms with Gasteiger partial charge >= 0.3 is 0 Å². The molecule has 0 aromatic heterocycles. The third kappa shape index (κ3) is 9.20. The molecule has 1 amide bonds. The maximum Gasteiger partial charge on any atom is 0.233 e. The van der Waals surface area contributed by atoms with E-state index in [0.717, 1.165) is 49.7 Å². The highest BCUT2D eigenvalue weighted by Gasteiger charge is 2.21. The highest BCUT2D eigenvalue weighted by atomic mass is 127. The van der Waals surface area contributed by atoms with Gasteiger partial charge in [0, 0.05) is 32.7 Å². The van der Waals surface area contributed by atoms with Crippen LogP contribution in [0.25, 0.3) is 0 Å². The van der Waals surface area contributed by atoms with Gasteiger partial charge in [0.05, 0.1) is 13.1 Å². The predicted molar refractivity (Wildman–Crippen MR) is 129 cm³/mol. The first-order valence-electron chi connectivity index (χ1n) is 10.2. The molecule has 0 spiro atoms. The summed E-state index contributed by atoms with van der Waals surface area (Å²) in [6.45, 7) is 9.86. The van der Waals surface area contributed by atoms with Gasteiger partial charge in [-0.25, -0.2) is 4.99 Å². The molecule has 0 radical (unpaired) electrons. The molecule has 0 saturated carbocycles. The SMILES string of the molecule is CCNC(=NCC(C)Oc1ccccc1C)NC1CCN(CC(=O)NC)CC1.I. The number of piperidine rings is 1. The van der Waals surface area contributed by atoms with Crippen LogP contribution in [-0.2, 0) is 4.79 Å². The Balaban J connectivity index is 0.00000420. The summed E-state index contributed by atoms with van der Waals surface area (Å²) in [5.74, 6) is 1.81. The number of ether oxygens (including phenoxy) is 1. The summed E-state index contributed by atoms with van der Waals surface area (Å²) in [7, 11) is 1.68. The Kier molecular flexibility index (Phi) is 12.0. The second-order valence-corrected chi connectivity index (χ2v) is 7.28. The lowest BCUT2D eigenvalue weighted by Gasteiger charge is -2.32. The van der Waals surface area contributed by atoms with Crippen molar-refractivity contribution in [3.05, 3.63) is 29.8 Å². The lowest BCUT2D eigenvalue weighted by Crippen LogP contribution is -2.50. The second-order valence-electron chi connectivity index (χ2n) is 7.28. The lowest BCUT2D eigenvalue weighted by atomic mass is 10.1. The Morgan fingerprint density at radius 1 is 1.31 bits per heavy atom. The van der Waals surface area contributed by atoms with E-state index in [1.54, 1.807) is 7.05 Å². The van der Waals surface area contributed by atoms with Crippen LogP contribution >= 0.6 is 24.0 Å². The quantitative estimate of drug-likeness (QED) is 0.280. The number of carbonyl (C=O) groups is 1. The van der Waals surface area contributed by atoms with Crippen LogP contribution in [0.4, 0.5) is 0 Å². The summed E-state index contributed by atoms with van der Waals surface area (Å²) >= 11 is 0. The minimum atomic E-state index is -0.00837. The molecule has 1 aromatic carbocycles. The first kappa shape index (κ1) is 25.5. The van der Waals surface area contributed by atoms with Crippen LogP contribution < -0.4 is 20.7 Å². The maximum atomic E-state index is 11.5. The van der Waals surface area contributed by atoms with Crippen molar-refractivity contribution in [2.24, 2.45) is 4.99 Å². The van der Waals surface area contributed by atoms with Gasteiger partial charge in [0.15, 0.2) is 5.96 Å². The minimum absolute atomic E-state index is 0. The maximum absolute atomic E-state index is 11.5. The highest BCUT2D eigenvalue weighted by Crippen LogP contribution is 2.17. The van der Waals surface area contributed by atoms with Crippen molar-refractivity contribution >= 4 is 35.8 Å². The number of rotatable bonds is 8. The van der Waals surface area contributed by atoms with Crippen molar-refractivity contribution in [2.75, 3.05) is 39.8 Å². The number of nitrogens with one attached hydrogen (secondary N) is 3. The molecule has 29 heavy (non-hydrogen) atoms. The second kappa shape index (κ2) is 13.6. The number of aryl methyl sites for hydroxylation is 1. The summed E-state index contributed by atoms with van der Waals surface area (Å²) in [6.07, 6.45) is 1.99. The number of benzene rings is 1. The average Bonchev–Trinajstić information content (AvgIpc) is 2.69. The van der Waals surface area contributed by atoms with Crippen LogP contribution in [0.3, 0.4) is 0 Å². The molecule has 1 heterocycles. The van der Waals surface area contributed by atoms with E-state index in [9.17, 15) is 4.79 Å². The molecule has 2 rings (SSSR count). The molecule has 1 aliphatic heterocycles. The van der Waals surface area contributed by atoms with Gasteiger partial charge in [-0.1, -0.05) is 18.2 Å². The summed E-state index contributed by atoms with van der Waals surface area (Å²) in [5, 5.41) is 9.53. The Bertz CT molecular complexity index is 648. The number of para-hydroxylation sites is 1. The average molecular weight is 517 g/mol. The van der Waals surface area contributed by atoms with Gasteiger partial charge in [0.1, 0.15) is 11.9 Å². The van der Waals surface area contributed by atoms with Gasteiger partial charge in [0.2, 0.25) is 5.91 Å². The zero-order chi connectivity index (χ0) is 20.4. The fourth-order valence-electron chi connectivity index (χ4n) is 3.19. The lowest BCUT2D eigenvalue weighted by molar-refractivity contribution is -0.122. The van der Waals surface area contributed by atoms with E-state index in [2.05, 4.69) is 27.8 Å². The zero-order valence-electron chi connectivity index (χ0n) is 18.0. The van der Waals surface area contributed by atoms with Crippen LogP contribution in [0.5, 0.6) is 5.75 Å². The Hall–Kier alpha value is -1.55. The summed E-state index contributed by atoms with van der Waals surface area (Å²) in [4.78, 5) is 18.4. The molecule has 1 aromatic rings. The molecule has 1 atom stereocenters. The monoisotopic (exact) mass is 517 g/mol. The van der Waals surface area contributed by atoms with Crippen LogP contribution in [0.2, 0.25) is 0 Å². The van der Waals surface area contributed by atoms with Crippen molar-refractivity contribution in [3.63, 3.8) is 0 Å². The van der Waals surface area contributed by atoms with Gasteiger partial charge in [0.25, 0.3) is 0 Å². The molecule has 1 aliphatic rings. The fourth-order valence-corrected chi connectivity index (χ4v) is 3.19. The predicted octanol–water partition coefficient (Wildman–Crippen LogP) is 2.15.